The fourth-order valence-electron chi connectivity index (χ4n) is 2.44. The molecule has 0 amide bonds. The molecule has 1 unspecified atom stereocenters. The number of aromatic nitrogens is 1. The number of sulfonamides is 1. The van der Waals surface area contributed by atoms with Crippen molar-refractivity contribution in [2.45, 2.75) is 43.5 Å². The first-order valence-corrected chi connectivity index (χ1v) is 9.48. The van der Waals surface area contributed by atoms with E-state index in [-0.39, 0.29) is 0 Å². The Morgan fingerprint density at radius 1 is 1.50 bits per heavy atom. The summed E-state index contributed by atoms with van der Waals surface area (Å²) in [6.45, 7) is 6.48. The average Bonchev–Trinajstić information content (AvgIpc) is 2.83. The number of hydrogen-bond acceptors (Lipinski definition) is 4. The van der Waals surface area contributed by atoms with Crippen LogP contribution in [-0.2, 0) is 23.1 Å². The third-order valence-corrected chi connectivity index (χ3v) is 6.44. The Bertz CT molecular complexity index is 554. The molecule has 2 heterocycles. The van der Waals surface area contributed by atoms with Gasteiger partial charge in [0.05, 0.1) is 0 Å². The van der Waals surface area contributed by atoms with Gasteiger partial charge in [0.1, 0.15) is 4.90 Å². The van der Waals surface area contributed by atoms with E-state index < -0.39 is 10.0 Å². The highest BCUT2D eigenvalue weighted by molar-refractivity contribution is 8.00. The first-order chi connectivity index (χ1) is 9.48. The highest BCUT2D eigenvalue weighted by atomic mass is 32.2. The topological polar surface area (TPSA) is 68.3 Å². The lowest BCUT2D eigenvalue weighted by atomic mass is 10.4. The zero-order valence-electron chi connectivity index (χ0n) is 12.1. The van der Waals surface area contributed by atoms with Crippen molar-refractivity contribution in [3.8, 4) is 0 Å². The molecule has 1 aliphatic heterocycles. The molecule has 114 valence electrons. The summed E-state index contributed by atoms with van der Waals surface area (Å²) in [5.41, 5.74) is 6.58. The van der Waals surface area contributed by atoms with Crippen molar-refractivity contribution in [1.29, 1.82) is 0 Å². The minimum Gasteiger partial charge on any atom is -0.349 e. The van der Waals surface area contributed by atoms with Crippen LogP contribution < -0.4 is 5.73 Å². The van der Waals surface area contributed by atoms with Gasteiger partial charge in [-0.2, -0.15) is 16.1 Å². The molecular weight excluding hydrogens is 294 g/mol. The van der Waals surface area contributed by atoms with Crippen molar-refractivity contribution in [3.63, 3.8) is 0 Å². The summed E-state index contributed by atoms with van der Waals surface area (Å²) in [7, 11) is -3.38. The predicted molar refractivity (Wildman–Crippen MR) is 83.3 cm³/mol. The molecule has 0 radical (unpaired) electrons. The molecule has 0 aromatic carbocycles. The van der Waals surface area contributed by atoms with Gasteiger partial charge in [-0.15, -0.1) is 0 Å². The maximum atomic E-state index is 12.7. The molecule has 1 aliphatic rings. The van der Waals surface area contributed by atoms with Gasteiger partial charge in [-0.1, -0.05) is 13.8 Å². The molecule has 2 rings (SSSR count). The van der Waals surface area contributed by atoms with Crippen molar-refractivity contribution in [2.24, 2.45) is 5.73 Å². The monoisotopic (exact) mass is 317 g/mol. The summed E-state index contributed by atoms with van der Waals surface area (Å²) in [5, 5.41) is 0.352. The standard InChI is InChI=1S/C13H23N3O2S2/c1-3-4-15-10-13(7-12(15)8-14)20(17,18)16-5-6-19-11(2)9-16/h7,10-11H,3-6,8-9,14H2,1-2H3. The SMILES string of the molecule is CCCn1cc(S(=O)(=O)N2CCSC(C)C2)cc1CN. The molecule has 20 heavy (non-hydrogen) atoms. The van der Waals surface area contributed by atoms with Crippen molar-refractivity contribution < 1.29 is 8.42 Å². The third-order valence-electron chi connectivity index (χ3n) is 3.48. The average molecular weight is 317 g/mol. The highest BCUT2D eigenvalue weighted by Gasteiger charge is 2.30. The van der Waals surface area contributed by atoms with Gasteiger partial charge in [0, 0.05) is 49.1 Å². The minimum atomic E-state index is -3.38. The summed E-state index contributed by atoms with van der Waals surface area (Å²) >= 11 is 1.82. The van der Waals surface area contributed by atoms with Crippen LogP contribution in [0.3, 0.4) is 0 Å². The molecular formula is C13H23N3O2S2. The van der Waals surface area contributed by atoms with E-state index in [0.29, 0.717) is 29.8 Å². The Kier molecular flexibility index (Phi) is 5.17. The maximum absolute atomic E-state index is 12.7. The Balaban J connectivity index is 2.29. The number of rotatable bonds is 5. The van der Waals surface area contributed by atoms with Crippen LogP contribution >= 0.6 is 11.8 Å². The molecule has 1 aromatic rings. The number of nitrogens with zero attached hydrogens (tertiary/aromatic N) is 2. The molecule has 0 saturated carbocycles. The Morgan fingerprint density at radius 3 is 2.85 bits per heavy atom. The van der Waals surface area contributed by atoms with Gasteiger partial charge >= 0.3 is 0 Å². The Morgan fingerprint density at radius 2 is 2.25 bits per heavy atom. The Labute approximate surface area is 125 Å². The zero-order chi connectivity index (χ0) is 14.8. The number of thioether (sulfide) groups is 1. The second-order valence-electron chi connectivity index (χ2n) is 5.11. The fraction of sp³-hybridized carbons (Fsp3) is 0.692. The number of hydrogen-bond donors (Lipinski definition) is 1. The van der Waals surface area contributed by atoms with E-state index in [1.165, 1.54) is 0 Å². The van der Waals surface area contributed by atoms with E-state index in [2.05, 4.69) is 13.8 Å². The van der Waals surface area contributed by atoms with Crippen molar-refractivity contribution in [1.82, 2.24) is 8.87 Å². The lowest BCUT2D eigenvalue weighted by Gasteiger charge is -2.29. The molecule has 1 atom stereocenters. The van der Waals surface area contributed by atoms with Crippen LogP contribution in [0.1, 0.15) is 26.0 Å². The maximum Gasteiger partial charge on any atom is 0.244 e. The van der Waals surface area contributed by atoms with Crippen LogP contribution in [0, 0.1) is 0 Å². The van der Waals surface area contributed by atoms with Gasteiger partial charge in [0.15, 0.2) is 0 Å². The van der Waals surface area contributed by atoms with E-state index in [1.807, 2.05) is 16.3 Å². The van der Waals surface area contributed by atoms with Crippen molar-refractivity contribution in [3.05, 3.63) is 18.0 Å². The van der Waals surface area contributed by atoms with Crippen LogP contribution in [0.15, 0.2) is 17.2 Å². The van der Waals surface area contributed by atoms with Crippen molar-refractivity contribution in [2.75, 3.05) is 18.8 Å². The molecule has 1 saturated heterocycles. The largest absolute Gasteiger partial charge is 0.349 e. The lowest BCUT2D eigenvalue weighted by molar-refractivity contribution is 0.424. The van der Waals surface area contributed by atoms with Gasteiger partial charge in [0.25, 0.3) is 0 Å². The summed E-state index contributed by atoms with van der Waals surface area (Å²) in [4.78, 5) is 0.380. The number of nitrogens with two attached hydrogens (primary N) is 1. The minimum absolute atomic E-state index is 0.352. The lowest BCUT2D eigenvalue weighted by Crippen LogP contribution is -2.40. The van der Waals surface area contributed by atoms with Gasteiger partial charge in [0.2, 0.25) is 10.0 Å². The van der Waals surface area contributed by atoms with Crippen LogP contribution in [-0.4, -0.2) is 41.4 Å². The molecule has 5 nitrogen and oxygen atoms in total. The molecule has 2 N–H and O–H groups in total. The van der Waals surface area contributed by atoms with Crippen molar-refractivity contribution >= 4 is 21.8 Å². The molecule has 7 heteroatoms. The smallest absolute Gasteiger partial charge is 0.244 e. The van der Waals surface area contributed by atoms with E-state index in [9.17, 15) is 8.42 Å². The molecule has 1 aromatic heterocycles. The second kappa shape index (κ2) is 6.51. The van der Waals surface area contributed by atoms with Gasteiger partial charge in [-0.25, -0.2) is 8.42 Å². The predicted octanol–water partition coefficient (Wildman–Crippen LogP) is 1.48. The van der Waals surface area contributed by atoms with Gasteiger partial charge in [-0.05, 0) is 12.5 Å². The van der Waals surface area contributed by atoms with Gasteiger partial charge in [-0.3, -0.25) is 0 Å². The normalized spacial score (nSPS) is 21.2. The summed E-state index contributed by atoms with van der Waals surface area (Å²) < 4.78 is 28.9. The molecule has 0 spiro atoms. The molecule has 0 aliphatic carbocycles. The van der Waals surface area contributed by atoms with Gasteiger partial charge < -0.3 is 10.3 Å². The first kappa shape index (κ1) is 15.9. The van der Waals surface area contributed by atoms with Crippen LogP contribution in [0.2, 0.25) is 0 Å². The zero-order valence-corrected chi connectivity index (χ0v) is 13.7. The highest BCUT2D eigenvalue weighted by Crippen LogP contribution is 2.25. The van der Waals surface area contributed by atoms with E-state index in [1.54, 1.807) is 16.6 Å². The van der Waals surface area contributed by atoms with E-state index in [0.717, 1.165) is 24.4 Å². The quantitative estimate of drug-likeness (QED) is 0.893. The summed E-state index contributed by atoms with van der Waals surface area (Å²) in [6, 6.07) is 1.72. The van der Waals surface area contributed by atoms with Crippen LogP contribution in [0.25, 0.3) is 0 Å². The first-order valence-electron chi connectivity index (χ1n) is 7.00. The second-order valence-corrected chi connectivity index (χ2v) is 8.59. The van der Waals surface area contributed by atoms with E-state index >= 15 is 0 Å². The van der Waals surface area contributed by atoms with E-state index in [4.69, 9.17) is 5.73 Å². The fourth-order valence-corrected chi connectivity index (χ4v) is 5.26. The van der Waals surface area contributed by atoms with Crippen LogP contribution in [0.5, 0.6) is 0 Å². The van der Waals surface area contributed by atoms with Crippen LogP contribution in [0.4, 0.5) is 0 Å². The third kappa shape index (κ3) is 3.21. The number of aryl methyl sites for hydroxylation is 1. The summed E-state index contributed by atoms with van der Waals surface area (Å²) in [6.07, 6.45) is 2.69. The Hall–Kier alpha value is -0.500. The summed E-state index contributed by atoms with van der Waals surface area (Å²) in [5.74, 6) is 0.861. The molecule has 0 bridgehead atoms. The molecule has 1 fully saturated rings.